The maximum absolute atomic E-state index is 12.4. The van der Waals surface area contributed by atoms with E-state index in [1.807, 2.05) is 37.3 Å². The Morgan fingerprint density at radius 2 is 1.84 bits per heavy atom. The van der Waals surface area contributed by atoms with Gasteiger partial charge in [0, 0.05) is 37.4 Å². The lowest BCUT2D eigenvalue weighted by atomic mass is 10.1. The topological polar surface area (TPSA) is 63.7 Å². The zero-order chi connectivity index (χ0) is 22.2. The highest BCUT2D eigenvalue weighted by molar-refractivity contribution is 7.15. The maximum atomic E-state index is 12.4. The molecule has 0 atom stereocenters. The molecule has 4 rings (SSSR count). The number of amides is 1. The summed E-state index contributed by atoms with van der Waals surface area (Å²) in [5.41, 5.74) is 2.44. The first kappa shape index (κ1) is 22.3. The van der Waals surface area contributed by atoms with Crippen molar-refractivity contribution >= 4 is 22.4 Å². The number of anilines is 1. The summed E-state index contributed by atoms with van der Waals surface area (Å²) in [6.07, 6.45) is 1.94. The number of para-hydroxylation sites is 2. The monoisotopic (exact) mass is 451 g/mol. The number of nitrogens with zero attached hydrogens (tertiary/aromatic N) is 2. The zero-order valence-electron chi connectivity index (χ0n) is 18.4. The Bertz CT molecular complexity index is 1020. The van der Waals surface area contributed by atoms with Crippen molar-refractivity contribution in [2.24, 2.45) is 0 Å². The molecule has 0 fully saturated rings. The molecule has 2 heterocycles. The van der Waals surface area contributed by atoms with Crippen molar-refractivity contribution in [2.75, 3.05) is 25.1 Å². The lowest BCUT2D eigenvalue weighted by Gasteiger charge is -2.25. The third-order valence-corrected chi connectivity index (χ3v) is 6.26. The number of rotatable bonds is 10. The van der Waals surface area contributed by atoms with Crippen molar-refractivity contribution in [3.63, 3.8) is 0 Å². The molecule has 3 aromatic rings. The Hall–Kier alpha value is -2.90. The van der Waals surface area contributed by atoms with Gasteiger partial charge in [0.15, 0.2) is 16.6 Å². The molecule has 0 bridgehead atoms. The van der Waals surface area contributed by atoms with Crippen LogP contribution in [0.3, 0.4) is 0 Å². The van der Waals surface area contributed by atoms with Crippen LogP contribution in [0.25, 0.3) is 0 Å². The molecule has 0 saturated heterocycles. The number of carbonyl (C=O) groups is 1. The van der Waals surface area contributed by atoms with E-state index in [0.29, 0.717) is 36.9 Å². The van der Waals surface area contributed by atoms with Gasteiger partial charge in [-0.3, -0.25) is 9.69 Å². The minimum atomic E-state index is -0.0288. The number of ether oxygens (including phenoxy) is 2. The van der Waals surface area contributed by atoms with E-state index in [2.05, 4.69) is 39.5 Å². The molecule has 2 aromatic carbocycles. The predicted octanol–water partition coefficient (Wildman–Crippen LogP) is 4.90. The normalized spacial score (nSPS) is 13.4. The van der Waals surface area contributed by atoms with Gasteiger partial charge in [0.25, 0.3) is 0 Å². The van der Waals surface area contributed by atoms with Crippen LogP contribution >= 0.6 is 11.3 Å². The fourth-order valence-corrected chi connectivity index (χ4v) is 4.79. The van der Waals surface area contributed by atoms with Crippen LogP contribution < -0.4 is 14.8 Å². The van der Waals surface area contributed by atoms with Crippen LogP contribution in [-0.2, 0) is 24.3 Å². The molecule has 0 radical (unpaired) electrons. The number of hydrogen-bond donors (Lipinski definition) is 1. The molecule has 168 valence electrons. The first-order valence-corrected chi connectivity index (χ1v) is 11.9. The first-order valence-electron chi connectivity index (χ1n) is 11.1. The SMILES string of the molecule is CCOc1ccccc1OCCCC(=O)Nc1nc2c(s1)CN(Cc1ccccc1)CC2. The van der Waals surface area contributed by atoms with Gasteiger partial charge in [0.05, 0.1) is 18.9 Å². The van der Waals surface area contributed by atoms with Crippen LogP contribution in [-0.4, -0.2) is 35.5 Å². The van der Waals surface area contributed by atoms with Gasteiger partial charge in [-0.05, 0) is 31.0 Å². The van der Waals surface area contributed by atoms with Crippen molar-refractivity contribution in [1.82, 2.24) is 9.88 Å². The van der Waals surface area contributed by atoms with Crippen LogP contribution in [0.4, 0.5) is 5.13 Å². The molecule has 32 heavy (non-hydrogen) atoms. The van der Waals surface area contributed by atoms with Gasteiger partial charge < -0.3 is 14.8 Å². The molecule has 0 aliphatic carbocycles. The second kappa shape index (κ2) is 11.1. The number of aromatic nitrogens is 1. The Morgan fingerprint density at radius 3 is 2.62 bits per heavy atom. The highest BCUT2D eigenvalue weighted by Gasteiger charge is 2.21. The summed E-state index contributed by atoms with van der Waals surface area (Å²) in [6.45, 7) is 5.79. The minimum Gasteiger partial charge on any atom is -0.490 e. The highest BCUT2D eigenvalue weighted by atomic mass is 32.1. The smallest absolute Gasteiger partial charge is 0.226 e. The molecule has 0 unspecified atom stereocenters. The summed E-state index contributed by atoms with van der Waals surface area (Å²) >= 11 is 1.59. The van der Waals surface area contributed by atoms with Crippen molar-refractivity contribution in [2.45, 2.75) is 39.3 Å². The largest absolute Gasteiger partial charge is 0.490 e. The standard InChI is InChI=1S/C25H29N3O3S/c1-2-30-21-11-6-7-12-22(21)31-16-8-13-24(29)27-25-26-20-14-15-28(18-23(20)32-25)17-19-9-4-3-5-10-19/h3-7,9-12H,2,8,13-18H2,1H3,(H,26,27,29). The second-order valence-corrected chi connectivity index (χ2v) is 8.80. The molecule has 0 saturated carbocycles. The summed E-state index contributed by atoms with van der Waals surface area (Å²) in [4.78, 5) is 20.7. The third-order valence-electron chi connectivity index (χ3n) is 5.26. The molecule has 1 aliphatic rings. The Balaban J connectivity index is 1.22. The molecule has 1 N–H and O–H groups in total. The molecule has 0 spiro atoms. The molecule has 1 aliphatic heterocycles. The summed E-state index contributed by atoms with van der Waals surface area (Å²) in [5.74, 6) is 1.41. The average molecular weight is 452 g/mol. The van der Waals surface area contributed by atoms with Crippen LogP contribution in [0.1, 0.15) is 35.9 Å². The van der Waals surface area contributed by atoms with Crippen LogP contribution in [0, 0.1) is 0 Å². The van der Waals surface area contributed by atoms with Crippen LogP contribution in [0.15, 0.2) is 54.6 Å². The number of benzene rings is 2. The number of hydrogen-bond acceptors (Lipinski definition) is 6. The van der Waals surface area contributed by atoms with E-state index in [4.69, 9.17) is 9.47 Å². The van der Waals surface area contributed by atoms with Gasteiger partial charge in [-0.15, -0.1) is 11.3 Å². The molecular weight excluding hydrogens is 422 g/mol. The van der Waals surface area contributed by atoms with Crippen LogP contribution in [0.2, 0.25) is 0 Å². The van der Waals surface area contributed by atoms with Gasteiger partial charge in [-0.2, -0.15) is 0 Å². The van der Waals surface area contributed by atoms with E-state index in [0.717, 1.165) is 37.5 Å². The molecule has 6 nitrogen and oxygen atoms in total. The van der Waals surface area contributed by atoms with Crippen molar-refractivity contribution in [1.29, 1.82) is 0 Å². The van der Waals surface area contributed by atoms with E-state index in [9.17, 15) is 4.79 Å². The van der Waals surface area contributed by atoms with Gasteiger partial charge in [0.1, 0.15) is 0 Å². The predicted molar refractivity (Wildman–Crippen MR) is 127 cm³/mol. The van der Waals surface area contributed by atoms with E-state index in [1.54, 1.807) is 11.3 Å². The van der Waals surface area contributed by atoms with E-state index in [1.165, 1.54) is 10.4 Å². The average Bonchev–Trinajstić information content (AvgIpc) is 3.20. The number of fused-ring (bicyclic) bond motifs is 1. The van der Waals surface area contributed by atoms with Gasteiger partial charge >= 0.3 is 0 Å². The number of carbonyl (C=O) groups excluding carboxylic acids is 1. The van der Waals surface area contributed by atoms with Gasteiger partial charge in [-0.25, -0.2) is 4.98 Å². The Labute approximate surface area is 193 Å². The molecule has 7 heteroatoms. The number of nitrogens with one attached hydrogen (secondary N) is 1. The number of thiazole rings is 1. The second-order valence-electron chi connectivity index (χ2n) is 7.72. The lowest BCUT2D eigenvalue weighted by molar-refractivity contribution is -0.116. The molecule has 1 amide bonds. The van der Waals surface area contributed by atoms with Gasteiger partial charge in [-0.1, -0.05) is 42.5 Å². The summed E-state index contributed by atoms with van der Waals surface area (Å²) < 4.78 is 11.4. The van der Waals surface area contributed by atoms with E-state index >= 15 is 0 Å². The fraction of sp³-hybridized carbons (Fsp3) is 0.360. The summed E-state index contributed by atoms with van der Waals surface area (Å²) in [7, 11) is 0. The third kappa shape index (κ3) is 6.08. The Morgan fingerprint density at radius 1 is 1.09 bits per heavy atom. The van der Waals surface area contributed by atoms with Crippen molar-refractivity contribution in [3.05, 3.63) is 70.7 Å². The zero-order valence-corrected chi connectivity index (χ0v) is 19.2. The minimum absolute atomic E-state index is 0.0288. The van der Waals surface area contributed by atoms with Gasteiger partial charge in [0.2, 0.25) is 5.91 Å². The first-order chi connectivity index (χ1) is 15.7. The molecular formula is C25H29N3O3S. The fourth-order valence-electron chi connectivity index (χ4n) is 3.72. The Kier molecular flexibility index (Phi) is 7.74. The van der Waals surface area contributed by atoms with Crippen molar-refractivity contribution < 1.29 is 14.3 Å². The van der Waals surface area contributed by atoms with E-state index in [-0.39, 0.29) is 5.91 Å². The van der Waals surface area contributed by atoms with Crippen LogP contribution in [0.5, 0.6) is 11.5 Å². The summed E-state index contributed by atoms with van der Waals surface area (Å²) in [6, 6.07) is 18.1. The maximum Gasteiger partial charge on any atom is 0.226 e. The lowest BCUT2D eigenvalue weighted by Crippen LogP contribution is -2.29. The van der Waals surface area contributed by atoms with E-state index < -0.39 is 0 Å². The summed E-state index contributed by atoms with van der Waals surface area (Å²) in [5, 5.41) is 3.66. The quantitative estimate of drug-likeness (QED) is 0.444. The molecule has 1 aromatic heterocycles. The highest BCUT2D eigenvalue weighted by Crippen LogP contribution is 2.29. The van der Waals surface area contributed by atoms with Crippen molar-refractivity contribution in [3.8, 4) is 11.5 Å².